The van der Waals surface area contributed by atoms with Crippen molar-refractivity contribution in [3.63, 3.8) is 0 Å². The van der Waals surface area contributed by atoms with Gasteiger partial charge in [0, 0.05) is 61.1 Å². The summed E-state index contributed by atoms with van der Waals surface area (Å²) in [6, 6.07) is 16.3. The van der Waals surface area contributed by atoms with E-state index in [0.717, 1.165) is 24.0 Å². The number of methoxy groups -OCH3 is 1. The van der Waals surface area contributed by atoms with Crippen LogP contribution in [0.5, 0.6) is 5.75 Å². The maximum Gasteiger partial charge on any atom is 0.345 e. The number of amides is 1. The lowest BCUT2D eigenvalue weighted by Gasteiger charge is -2.52. The van der Waals surface area contributed by atoms with E-state index in [1.165, 1.54) is 11.0 Å². The minimum atomic E-state index is -2.91. The van der Waals surface area contributed by atoms with Gasteiger partial charge in [-0.2, -0.15) is 8.78 Å². The van der Waals surface area contributed by atoms with Crippen molar-refractivity contribution in [1.29, 1.82) is 0 Å². The van der Waals surface area contributed by atoms with Crippen LogP contribution in [0.4, 0.5) is 8.78 Å². The summed E-state index contributed by atoms with van der Waals surface area (Å²) >= 11 is 0. The van der Waals surface area contributed by atoms with Crippen LogP contribution in [0, 0.1) is 29.1 Å². The van der Waals surface area contributed by atoms with Crippen molar-refractivity contribution >= 4 is 23.6 Å². The summed E-state index contributed by atoms with van der Waals surface area (Å²) in [5, 5.41) is 0. The first-order valence-corrected chi connectivity index (χ1v) is 21.2. The number of Topliss-reactive ketones (excluding diaryl/α,β-unsaturated/α-hetero) is 1. The summed E-state index contributed by atoms with van der Waals surface area (Å²) < 4.78 is 45.9. The average Bonchev–Trinajstić information content (AvgIpc) is 3.95. The molecule has 7 aliphatic rings. The molecular formula is C46H49F2N7O6. The second kappa shape index (κ2) is 14.2. The number of nitrogens with two attached hydrogens (primary N) is 2. The van der Waals surface area contributed by atoms with Gasteiger partial charge in [-0.25, -0.2) is 9.98 Å². The highest BCUT2D eigenvalue weighted by Gasteiger charge is 2.71. The molecule has 3 aliphatic heterocycles. The zero-order valence-electron chi connectivity index (χ0n) is 34.2. The molecule has 2 aromatic carbocycles. The Balaban J connectivity index is 1.06. The van der Waals surface area contributed by atoms with Crippen LogP contribution in [0.2, 0.25) is 0 Å². The summed E-state index contributed by atoms with van der Waals surface area (Å²) in [5.41, 5.74) is 12.0. The third kappa shape index (κ3) is 5.88. The van der Waals surface area contributed by atoms with Gasteiger partial charge in [0.05, 0.1) is 18.8 Å². The first-order chi connectivity index (χ1) is 29.3. The largest absolute Gasteiger partial charge is 0.483 e. The molecule has 3 aromatic rings. The van der Waals surface area contributed by atoms with E-state index in [0.29, 0.717) is 54.2 Å². The summed E-state index contributed by atoms with van der Waals surface area (Å²) in [5.74, 6) is 6.88. The number of carbonyl (C=O) groups excluding carboxylic acids is 2. The van der Waals surface area contributed by atoms with Gasteiger partial charge in [0.2, 0.25) is 0 Å². The van der Waals surface area contributed by atoms with E-state index in [1.807, 2.05) is 36.4 Å². The summed E-state index contributed by atoms with van der Waals surface area (Å²) in [7, 11) is 3.31. The number of benzene rings is 2. The maximum absolute atomic E-state index is 15.3. The molecule has 61 heavy (non-hydrogen) atoms. The Labute approximate surface area is 352 Å². The highest BCUT2D eigenvalue weighted by molar-refractivity contribution is 6.08. The first kappa shape index (κ1) is 39.5. The lowest BCUT2D eigenvalue weighted by molar-refractivity contribution is -0.182. The topological polar surface area (TPSA) is 167 Å². The first-order valence-electron chi connectivity index (χ1n) is 21.2. The van der Waals surface area contributed by atoms with Crippen LogP contribution in [-0.2, 0) is 36.6 Å². The number of guanidine groups is 2. The number of hydrogen-bond donors (Lipinski definition) is 2. The number of pyridine rings is 1. The van der Waals surface area contributed by atoms with Crippen molar-refractivity contribution in [1.82, 2.24) is 14.4 Å². The normalized spacial score (nSPS) is 32.6. The number of ether oxygens (including phenoxy) is 3. The van der Waals surface area contributed by atoms with Crippen LogP contribution < -0.4 is 21.8 Å². The van der Waals surface area contributed by atoms with Crippen molar-refractivity contribution < 1.29 is 32.6 Å². The Kier molecular flexibility index (Phi) is 9.23. The smallest absolute Gasteiger partial charge is 0.345 e. The Morgan fingerprint density at radius 1 is 0.918 bits per heavy atom. The number of alkyl halides is 2. The molecule has 3 saturated carbocycles. The second-order valence-electron chi connectivity index (χ2n) is 17.9. The van der Waals surface area contributed by atoms with Gasteiger partial charge in [0.15, 0.2) is 28.8 Å². The van der Waals surface area contributed by atoms with Crippen LogP contribution in [0.1, 0.15) is 80.0 Å². The van der Waals surface area contributed by atoms with Crippen LogP contribution in [-0.4, -0.2) is 89.6 Å². The molecule has 0 bridgehead atoms. The molecule has 5 atom stereocenters. The van der Waals surface area contributed by atoms with Crippen molar-refractivity contribution in [2.75, 3.05) is 27.2 Å². The molecule has 0 saturated heterocycles. The number of rotatable bonds is 6. The molecule has 0 radical (unpaired) electrons. The fourth-order valence-corrected chi connectivity index (χ4v) is 11.6. The molecule has 4 aliphatic carbocycles. The molecule has 4 N–H and O–H groups in total. The minimum Gasteiger partial charge on any atom is -0.483 e. The van der Waals surface area contributed by atoms with E-state index in [9.17, 15) is 18.4 Å². The lowest BCUT2D eigenvalue weighted by Crippen LogP contribution is -2.65. The third-order valence-electron chi connectivity index (χ3n) is 14.8. The summed E-state index contributed by atoms with van der Waals surface area (Å²) in [6.45, 7) is -2.77. The predicted molar refractivity (Wildman–Crippen MR) is 221 cm³/mol. The second-order valence-corrected chi connectivity index (χ2v) is 17.9. The number of likely N-dealkylation sites (N-methyl/N-ethyl adjacent to an activating group) is 1. The molecule has 3 fully saturated rings. The van der Waals surface area contributed by atoms with Crippen LogP contribution in [0.15, 0.2) is 75.6 Å². The fourth-order valence-electron chi connectivity index (χ4n) is 11.6. The van der Waals surface area contributed by atoms with E-state index in [-0.39, 0.29) is 80.0 Å². The van der Waals surface area contributed by atoms with Gasteiger partial charge in [0.25, 0.3) is 11.5 Å². The monoisotopic (exact) mass is 833 g/mol. The van der Waals surface area contributed by atoms with E-state index in [2.05, 4.69) is 11.8 Å². The number of hydrogen-bond acceptors (Lipinski definition) is 11. The molecule has 1 amide bonds. The van der Waals surface area contributed by atoms with Gasteiger partial charge in [-0.3, -0.25) is 23.9 Å². The molecule has 13 nitrogen and oxygen atoms in total. The zero-order valence-corrected chi connectivity index (χ0v) is 34.2. The van der Waals surface area contributed by atoms with Crippen LogP contribution in [0.3, 0.4) is 0 Å². The number of aromatic nitrogens is 1. The van der Waals surface area contributed by atoms with Gasteiger partial charge < -0.3 is 30.6 Å². The van der Waals surface area contributed by atoms with E-state index < -0.39 is 34.8 Å². The molecule has 3 unspecified atom stereocenters. The maximum atomic E-state index is 15.3. The molecule has 318 valence electrons. The van der Waals surface area contributed by atoms with Crippen molar-refractivity contribution in [3.8, 4) is 23.3 Å². The number of aliphatic imine (C=N–C) groups is 2. The van der Waals surface area contributed by atoms with E-state index in [1.54, 1.807) is 42.0 Å². The number of fused-ring (bicyclic) bond motifs is 6. The fraction of sp³-hybridized carbons (Fsp3) is 0.500. The highest BCUT2D eigenvalue weighted by Crippen LogP contribution is 2.65. The Bertz CT molecular complexity index is 2520. The van der Waals surface area contributed by atoms with Gasteiger partial charge in [0.1, 0.15) is 11.4 Å². The van der Waals surface area contributed by atoms with Crippen molar-refractivity contribution in [2.24, 2.45) is 38.7 Å². The molecular weight excluding hydrogens is 785 g/mol. The number of carbonyl (C=O) groups is 2. The highest BCUT2D eigenvalue weighted by atomic mass is 19.3. The van der Waals surface area contributed by atoms with Gasteiger partial charge in [-0.15, -0.1) is 0 Å². The van der Waals surface area contributed by atoms with Crippen molar-refractivity contribution in [3.05, 3.63) is 93.4 Å². The predicted octanol–water partition coefficient (Wildman–Crippen LogP) is 4.35. The average molecular weight is 834 g/mol. The minimum absolute atomic E-state index is 0.100. The van der Waals surface area contributed by atoms with E-state index >= 15 is 4.79 Å². The Morgan fingerprint density at radius 2 is 1.69 bits per heavy atom. The lowest BCUT2D eigenvalue weighted by atomic mass is 9.55. The molecule has 15 heteroatoms. The molecule has 10 rings (SSSR count). The quantitative estimate of drug-likeness (QED) is 0.344. The van der Waals surface area contributed by atoms with Gasteiger partial charge in [-0.05, 0) is 118 Å². The number of halogens is 2. The van der Waals surface area contributed by atoms with Crippen LogP contribution >= 0.6 is 0 Å². The molecule has 4 heterocycles. The molecule has 4 spiro atoms. The third-order valence-corrected chi connectivity index (χ3v) is 14.8. The van der Waals surface area contributed by atoms with Gasteiger partial charge >= 0.3 is 6.61 Å². The SMILES string of the molecule is CO[C@H]1CC[C@@]2(Cc3ccc(-n4ccccc4=O)cc3C23N=C(N)N(C)C3=O)C(CN2CC(=O)C3(N=C2N)c2cc(C#CC4CC4)ccc2OC32CCC(OC(F)F)CC2)C1. The number of nitrogens with zero attached hydrogens (tertiary/aromatic N) is 5. The zero-order chi connectivity index (χ0) is 42.5. The van der Waals surface area contributed by atoms with Crippen LogP contribution in [0.25, 0.3) is 5.69 Å². The Hall–Kier alpha value is -5.59. The standard InChI is InChI=1S/C46H49F2N7O6/c1-53-39(58)46(51-41(53)49)34-23-31(55-20-4-3-5-38(55)57)12-11-29(34)24-43(46)17-14-33(59-2)22-30(43)25-54-26-37(56)45(52-42(54)50)35-21-28(9-8-27-6-7-27)10-13-36(35)61-44(45)18-15-32(16-19-44)60-40(47)48/h3-5,10-13,20-21,23,27,30,32-33,40H,6-7,14-19,22,24-26H2,1-2H3,(H2,49,51)(H2,50,52)/t30?,32?,33-,43+,44?,45?,46?/m0/s1. The van der Waals surface area contributed by atoms with Gasteiger partial charge in [-0.1, -0.05) is 24.0 Å². The Morgan fingerprint density at radius 3 is 2.39 bits per heavy atom. The van der Waals surface area contributed by atoms with E-state index in [4.69, 9.17) is 35.7 Å². The summed E-state index contributed by atoms with van der Waals surface area (Å²) in [4.78, 5) is 56.7. The summed E-state index contributed by atoms with van der Waals surface area (Å²) in [6.07, 6.45) is 6.22. The van der Waals surface area contributed by atoms with Crippen molar-refractivity contribution in [2.45, 2.75) is 99.7 Å². The molecule has 1 aromatic heterocycles. The number of ketones is 1.